The van der Waals surface area contributed by atoms with Gasteiger partial charge < -0.3 is 15.5 Å². The van der Waals surface area contributed by atoms with Crippen LogP contribution >= 0.6 is 11.6 Å². The predicted octanol–water partition coefficient (Wildman–Crippen LogP) is 1.54. The predicted molar refractivity (Wildman–Crippen MR) is 103 cm³/mol. The highest BCUT2D eigenvalue weighted by atomic mass is 35.5. The second-order valence-electron chi connectivity index (χ2n) is 7.02. The summed E-state index contributed by atoms with van der Waals surface area (Å²) >= 11 is 6.05. The van der Waals surface area contributed by atoms with E-state index in [2.05, 4.69) is 15.7 Å². The first kappa shape index (κ1) is 18.0. The number of aromatic nitrogens is 2. The van der Waals surface area contributed by atoms with Gasteiger partial charge in [0.25, 0.3) is 0 Å². The minimum Gasteiger partial charge on any atom is -0.342 e. The van der Waals surface area contributed by atoms with Crippen LogP contribution in [0.3, 0.4) is 0 Å². The largest absolute Gasteiger partial charge is 0.342 e. The quantitative estimate of drug-likeness (QED) is 0.834. The highest BCUT2D eigenvalue weighted by Crippen LogP contribution is 2.29. The summed E-state index contributed by atoms with van der Waals surface area (Å²) in [5.41, 5.74) is 0.00584. The molecule has 2 aromatic rings. The van der Waals surface area contributed by atoms with Crippen LogP contribution in [0, 0.1) is 0 Å². The Kier molecular flexibility index (Phi) is 4.88. The molecule has 8 heteroatoms. The van der Waals surface area contributed by atoms with Gasteiger partial charge in [-0.2, -0.15) is 5.10 Å². The Balaban J connectivity index is 1.51. The van der Waals surface area contributed by atoms with E-state index in [4.69, 9.17) is 11.6 Å². The number of benzene rings is 1. The lowest BCUT2D eigenvalue weighted by molar-refractivity contribution is -0.135. The Morgan fingerprint density at radius 1 is 1.30 bits per heavy atom. The molecule has 3 heterocycles. The van der Waals surface area contributed by atoms with E-state index in [0.717, 1.165) is 18.8 Å². The van der Waals surface area contributed by atoms with Gasteiger partial charge in [-0.3, -0.25) is 14.3 Å². The van der Waals surface area contributed by atoms with Crippen molar-refractivity contribution >= 4 is 29.1 Å². The third-order valence-corrected chi connectivity index (χ3v) is 5.66. The van der Waals surface area contributed by atoms with Crippen molar-refractivity contribution in [2.45, 2.75) is 30.8 Å². The zero-order valence-electron chi connectivity index (χ0n) is 14.9. The number of rotatable bonds is 4. The molecule has 4 rings (SSSR count). The van der Waals surface area contributed by atoms with Crippen LogP contribution in [0.15, 0.2) is 42.7 Å². The third kappa shape index (κ3) is 3.33. The Morgan fingerprint density at radius 2 is 2.11 bits per heavy atom. The van der Waals surface area contributed by atoms with Crippen LogP contribution in [0.1, 0.15) is 19.3 Å². The second-order valence-corrected chi connectivity index (χ2v) is 7.45. The summed E-state index contributed by atoms with van der Waals surface area (Å²) in [4.78, 5) is 27.8. The van der Waals surface area contributed by atoms with E-state index in [1.54, 1.807) is 27.9 Å². The van der Waals surface area contributed by atoms with E-state index in [1.165, 1.54) is 0 Å². The van der Waals surface area contributed by atoms with Gasteiger partial charge in [0.15, 0.2) is 0 Å². The number of anilines is 1. The minimum atomic E-state index is -0.751. The second kappa shape index (κ2) is 7.32. The first-order valence-corrected chi connectivity index (χ1v) is 9.57. The van der Waals surface area contributed by atoms with Crippen molar-refractivity contribution < 1.29 is 9.59 Å². The van der Waals surface area contributed by atoms with Crippen molar-refractivity contribution in [3.05, 3.63) is 47.7 Å². The summed E-state index contributed by atoms with van der Waals surface area (Å²) in [5.74, 6) is -0.242. The fourth-order valence-electron chi connectivity index (χ4n) is 3.93. The molecule has 7 nitrogen and oxygen atoms in total. The van der Waals surface area contributed by atoms with Crippen molar-refractivity contribution in [1.82, 2.24) is 20.4 Å². The molecule has 1 unspecified atom stereocenters. The van der Waals surface area contributed by atoms with Crippen molar-refractivity contribution in [1.29, 1.82) is 0 Å². The Hall–Kier alpha value is -2.38. The molecule has 0 spiro atoms. The van der Waals surface area contributed by atoms with Gasteiger partial charge in [0.2, 0.25) is 11.8 Å². The standard InChI is InChI=1S/C19H22ClN5O2/c20-14-3-1-4-15(13-14)24-12-5-16(17(24)26)23-18(27)19(6-9-21-10-7-19)25-11-2-8-22-25/h1-4,8,11,13,16,21H,5-7,9-10,12H2,(H,23,27). The van der Waals surface area contributed by atoms with Gasteiger partial charge >= 0.3 is 0 Å². The molecule has 2 fully saturated rings. The van der Waals surface area contributed by atoms with Gasteiger partial charge in [-0.15, -0.1) is 0 Å². The van der Waals surface area contributed by atoms with Gasteiger partial charge in [0.1, 0.15) is 11.6 Å². The lowest BCUT2D eigenvalue weighted by Crippen LogP contribution is -2.57. The highest BCUT2D eigenvalue weighted by molar-refractivity contribution is 6.31. The number of carbonyl (C=O) groups is 2. The molecule has 27 heavy (non-hydrogen) atoms. The molecule has 1 aromatic carbocycles. The molecule has 2 aliphatic heterocycles. The number of piperidine rings is 1. The fraction of sp³-hybridized carbons (Fsp3) is 0.421. The van der Waals surface area contributed by atoms with Crippen molar-refractivity contribution in [2.75, 3.05) is 24.5 Å². The van der Waals surface area contributed by atoms with Gasteiger partial charge in [0.05, 0.1) is 0 Å². The van der Waals surface area contributed by atoms with Crippen LogP contribution in [-0.2, 0) is 15.1 Å². The SMILES string of the molecule is O=C1C(NC(=O)C2(n3cccn3)CCNCC2)CCN1c1cccc(Cl)c1. The van der Waals surface area contributed by atoms with Crippen molar-refractivity contribution in [3.63, 3.8) is 0 Å². The molecule has 0 saturated carbocycles. The fourth-order valence-corrected chi connectivity index (χ4v) is 4.11. The van der Waals surface area contributed by atoms with Gasteiger partial charge in [-0.1, -0.05) is 17.7 Å². The maximum atomic E-state index is 13.2. The van der Waals surface area contributed by atoms with Crippen LogP contribution in [0.5, 0.6) is 0 Å². The maximum absolute atomic E-state index is 13.2. The third-order valence-electron chi connectivity index (χ3n) is 5.43. The molecule has 2 N–H and O–H groups in total. The van der Waals surface area contributed by atoms with Crippen LogP contribution < -0.4 is 15.5 Å². The van der Waals surface area contributed by atoms with Gasteiger partial charge in [-0.05, 0) is 56.6 Å². The van der Waals surface area contributed by atoms with E-state index < -0.39 is 11.6 Å². The maximum Gasteiger partial charge on any atom is 0.249 e. The summed E-state index contributed by atoms with van der Waals surface area (Å²) < 4.78 is 1.73. The average Bonchev–Trinajstić information content (AvgIpc) is 3.33. The molecule has 2 amide bonds. The van der Waals surface area contributed by atoms with E-state index in [1.807, 2.05) is 24.4 Å². The molecule has 2 saturated heterocycles. The van der Waals surface area contributed by atoms with Gasteiger partial charge in [0, 0.05) is 29.6 Å². The van der Waals surface area contributed by atoms with Crippen LogP contribution in [0.25, 0.3) is 0 Å². The molecule has 0 aliphatic carbocycles. The molecule has 142 valence electrons. The molecule has 1 aromatic heterocycles. The molecule has 0 radical (unpaired) electrons. The summed E-state index contributed by atoms with van der Waals surface area (Å²) in [7, 11) is 0. The molecule has 0 bridgehead atoms. The number of hydrogen-bond acceptors (Lipinski definition) is 4. The molecular weight excluding hydrogens is 366 g/mol. The number of nitrogens with one attached hydrogen (secondary N) is 2. The average molecular weight is 388 g/mol. The van der Waals surface area contributed by atoms with E-state index in [9.17, 15) is 9.59 Å². The van der Waals surface area contributed by atoms with Crippen LogP contribution in [0.2, 0.25) is 5.02 Å². The van der Waals surface area contributed by atoms with Gasteiger partial charge in [-0.25, -0.2) is 0 Å². The highest BCUT2D eigenvalue weighted by Gasteiger charge is 2.44. The molecule has 1 atom stereocenters. The summed E-state index contributed by atoms with van der Waals surface area (Å²) in [6.45, 7) is 2.03. The monoisotopic (exact) mass is 387 g/mol. The smallest absolute Gasteiger partial charge is 0.249 e. The lowest BCUT2D eigenvalue weighted by atomic mass is 9.87. The van der Waals surface area contributed by atoms with Crippen LogP contribution in [-0.4, -0.2) is 47.3 Å². The Morgan fingerprint density at radius 3 is 2.81 bits per heavy atom. The Bertz CT molecular complexity index is 832. The van der Waals surface area contributed by atoms with E-state index in [0.29, 0.717) is 30.8 Å². The Labute approximate surface area is 162 Å². The number of amides is 2. The first-order valence-electron chi connectivity index (χ1n) is 9.19. The number of halogens is 1. The van der Waals surface area contributed by atoms with Crippen LogP contribution in [0.4, 0.5) is 5.69 Å². The first-order chi connectivity index (χ1) is 13.1. The molecule has 2 aliphatic rings. The number of hydrogen-bond donors (Lipinski definition) is 2. The normalized spacial score (nSPS) is 22.0. The van der Waals surface area contributed by atoms with Crippen molar-refractivity contribution in [2.24, 2.45) is 0 Å². The van der Waals surface area contributed by atoms with Crippen molar-refractivity contribution in [3.8, 4) is 0 Å². The zero-order chi connectivity index (χ0) is 18.9. The lowest BCUT2D eigenvalue weighted by Gasteiger charge is -2.37. The number of carbonyl (C=O) groups excluding carboxylic acids is 2. The number of nitrogens with zero attached hydrogens (tertiary/aromatic N) is 3. The summed E-state index contributed by atoms with van der Waals surface area (Å²) in [6, 6.07) is 8.50. The van der Waals surface area contributed by atoms with E-state index >= 15 is 0 Å². The zero-order valence-corrected chi connectivity index (χ0v) is 15.7. The minimum absolute atomic E-state index is 0.102. The van der Waals surface area contributed by atoms with E-state index in [-0.39, 0.29) is 11.8 Å². The summed E-state index contributed by atoms with van der Waals surface area (Å²) in [6.07, 6.45) is 5.35. The summed E-state index contributed by atoms with van der Waals surface area (Å²) in [5, 5.41) is 11.2. The topological polar surface area (TPSA) is 79.3 Å². The molecular formula is C19H22ClN5O2.